The van der Waals surface area contributed by atoms with E-state index in [9.17, 15) is 9.59 Å². The molecule has 5 heteroatoms. The minimum atomic E-state index is -0.306. The molecule has 2 rings (SSSR count). The zero-order valence-corrected chi connectivity index (χ0v) is 9.93. The molecular weight excluding hydrogens is 220 g/mol. The number of nitrogens with zero attached hydrogens (tertiary/aromatic N) is 2. The number of rotatable bonds is 3. The Labute approximate surface area is 101 Å². The van der Waals surface area contributed by atoms with Crippen molar-refractivity contribution in [2.75, 3.05) is 26.2 Å². The van der Waals surface area contributed by atoms with Crippen molar-refractivity contribution in [2.24, 2.45) is 0 Å². The van der Waals surface area contributed by atoms with Crippen LogP contribution in [-0.2, 0) is 9.53 Å². The maximum atomic E-state index is 11.6. The van der Waals surface area contributed by atoms with E-state index in [0.29, 0.717) is 19.5 Å². The van der Waals surface area contributed by atoms with E-state index in [1.54, 1.807) is 11.0 Å². The summed E-state index contributed by atoms with van der Waals surface area (Å²) in [5, 5.41) is 0. The predicted molar refractivity (Wildman–Crippen MR) is 62.5 cm³/mol. The van der Waals surface area contributed by atoms with Gasteiger partial charge in [0.05, 0.1) is 6.04 Å². The molecule has 2 fully saturated rings. The molecule has 17 heavy (non-hydrogen) atoms. The van der Waals surface area contributed by atoms with Gasteiger partial charge in [-0.2, -0.15) is 0 Å². The number of hydrogen-bond acceptors (Lipinski definition) is 3. The van der Waals surface area contributed by atoms with Crippen LogP contribution < -0.4 is 0 Å². The summed E-state index contributed by atoms with van der Waals surface area (Å²) >= 11 is 0. The van der Waals surface area contributed by atoms with Gasteiger partial charge in [-0.05, 0) is 12.8 Å². The average molecular weight is 238 g/mol. The Morgan fingerprint density at radius 3 is 3.00 bits per heavy atom. The summed E-state index contributed by atoms with van der Waals surface area (Å²) in [6.07, 6.45) is 3.69. The van der Waals surface area contributed by atoms with E-state index in [1.165, 1.54) is 0 Å². The number of hydrogen-bond donors (Lipinski definition) is 0. The molecule has 0 unspecified atom stereocenters. The van der Waals surface area contributed by atoms with Crippen molar-refractivity contribution in [1.82, 2.24) is 9.80 Å². The maximum absolute atomic E-state index is 11.6. The second-order valence-corrected chi connectivity index (χ2v) is 4.44. The lowest BCUT2D eigenvalue weighted by molar-refractivity contribution is -0.129. The van der Waals surface area contributed by atoms with Crippen molar-refractivity contribution < 1.29 is 14.3 Å². The van der Waals surface area contributed by atoms with Crippen LogP contribution in [0.5, 0.6) is 0 Å². The number of carbonyl (C=O) groups excluding carboxylic acids is 2. The smallest absolute Gasteiger partial charge is 0.410 e. The monoisotopic (exact) mass is 238 g/mol. The summed E-state index contributed by atoms with van der Waals surface area (Å²) < 4.78 is 4.98. The second-order valence-electron chi connectivity index (χ2n) is 4.44. The largest absolute Gasteiger partial charge is 0.445 e. The third kappa shape index (κ3) is 2.60. The van der Waals surface area contributed by atoms with E-state index in [4.69, 9.17) is 4.74 Å². The van der Waals surface area contributed by atoms with Gasteiger partial charge in [0.2, 0.25) is 5.91 Å². The van der Waals surface area contributed by atoms with Crippen molar-refractivity contribution in [3.05, 3.63) is 12.7 Å². The van der Waals surface area contributed by atoms with Crippen molar-refractivity contribution in [3.63, 3.8) is 0 Å². The van der Waals surface area contributed by atoms with Crippen LogP contribution in [0, 0.1) is 0 Å². The van der Waals surface area contributed by atoms with Gasteiger partial charge < -0.3 is 14.5 Å². The third-order valence-electron chi connectivity index (χ3n) is 3.30. The van der Waals surface area contributed by atoms with Gasteiger partial charge in [0.25, 0.3) is 0 Å². The van der Waals surface area contributed by atoms with Crippen LogP contribution in [0.25, 0.3) is 0 Å². The zero-order chi connectivity index (χ0) is 12.3. The van der Waals surface area contributed by atoms with Gasteiger partial charge in [0, 0.05) is 26.1 Å². The van der Waals surface area contributed by atoms with Crippen LogP contribution in [0.1, 0.15) is 19.3 Å². The standard InChI is InChI=1S/C12H18N2O3/c1-2-8-17-12(16)13-7-5-10(9-13)14-6-3-4-11(14)15/h2,10H,1,3-9H2/t10-/m0/s1. The number of carbonyl (C=O) groups is 2. The molecule has 2 aliphatic rings. The highest BCUT2D eigenvalue weighted by Gasteiger charge is 2.35. The van der Waals surface area contributed by atoms with Crippen molar-refractivity contribution in [2.45, 2.75) is 25.3 Å². The van der Waals surface area contributed by atoms with Crippen LogP contribution in [-0.4, -0.2) is 54.1 Å². The van der Waals surface area contributed by atoms with E-state index < -0.39 is 0 Å². The number of likely N-dealkylation sites (tertiary alicyclic amines) is 2. The van der Waals surface area contributed by atoms with Crippen molar-refractivity contribution in [3.8, 4) is 0 Å². The molecule has 2 saturated heterocycles. The minimum absolute atomic E-state index is 0.182. The van der Waals surface area contributed by atoms with E-state index in [-0.39, 0.29) is 24.6 Å². The molecule has 0 aliphatic carbocycles. The van der Waals surface area contributed by atoms with Gasteiger partial charge in [-0.1, -0.05) is 12.7 Å². The Bertz CT molecular complexity index is 330. The first kappa shape index (κ1) is 12.0. The van der Waals surface area contributed by atoms with Gasteiger partial charge in [-0.3, -0.25) is 4.79 Å². The molecule has 94 valence electrons. The van der Waals surface area contributed by atoms with Crippen LogP contribution in [0.4, 0.5) is 4.79 Å². The Balaban J connectivity index is 1.84. The Kier molecular flexibility index (Phi) is 3.66. The first-order valence-corrected chi connectivity index (χ1v) is 6.04. The maximum Gasteiger partial charge on any atom is 0.410 e. The molecule has 1 atom stereocenters. The molecule has 0 aromatic heterocycles. The molecule has 0 aromatic rings. The molecular formula is C12H18N2O3. The third-order valence-corrected chi connectivity index (χ3v) is 3.30. The Morgan fingerprint density at radius 2 is 2.35 bits per heavy atom. The van der Waals surface area contributed by atoms with Gasteiger partial charge in [0.15, 0.2) is 0 Å². The highest BCUT2D eigenvalue weighted by Crippen LogP contribution is 2.21. The number of amides is 2. The van der Waals surface area contributed by atoms with E-state index in [1.807, 2.05) is 4.90 Å². The topological polar surface area (TPSA) is 49.9 Å². The SMILES string of the molecule is C=CCOC(=O)N1CC[C@H](N2CCCC2=O)C1. The summed E-state index contributed by atoms with van der Waals surface area (Å²) in [7, 11) is 0. The van der Waals surface area contributed by atoms with Gasteiger partial charge in [-0.15, -0.1) is 0 Å². The summed E-state index contributed by atoms with van der Waals surface area (Å²) in [6.45, 7) is 5.84. The Morgan fingerprint density at radius 1 is 1.53 bits per heavy atom. The van der Waals surface area contributed by atoms with Crippen molar-refractivity contribution in [1.29, 1.82) is 0 Å². The number of ether oxygens (including phenoxy) is 1. The van der Waals surface area contributed by atoms with Gasteiger partial charge >= 0.3 is 6.09 Å². The quantitative estimate of drug-likeness (QED) is 0.689. The minimum Gasteiger partial charge on any atom is -0.445 e. The first-order chi connectivity index (χ1) is 8.22. The molecule has 2 heterocycles. The van der Waals surface area contributed by atoms with Crippen LogP contribution in [0.15, 0.2) is 12.7 Å². The Hall–Kier alpha value is -1.52. The fourth-order valence-corrected chi connectivity index (χ4v) is 2.44. The lowest BCUT2D eigenvalue weighted by Gasteiger charge is -2.23. The fourth-order valence-electron chi connectivity index (χ4n) is 2.44. The highest BCUT2D eigenvalue weighted by molar-refractivity contribution is 5.78. The molecule has 0 N–H and O–H groups in total. The normalized spacial score (nSPS) is 24.2. The van der Waals surface area contributed by atoms with E-state index >= 15 is 0 Å². The lowest BCUT2D eigenvalue weighted by Crippen LogP contribution is -2.39. The summed E-state index contributed by atoms with van der Waals surface area (Å²) in [5.74, 6) is 0.219. The molecule has 2 aliphatic heterocycles. The summed E-state index contributed by atoms with van der Waals surface area (Å²) in [5.41, 5.74) is 0. The molecule has 2 amide bonds. The van der Waals surface area contributed by atoms with E-state index in [2.05, 4.69) is 6.58 Å². The van der Waals surface area contributed by atoms with E-state index in [0.717, 1.165) is 19.4 Å². The van der Waals surface area contributed by atoms with Crippen LogP contribution in [0.2, 0.25) is 0 Å². The van der Waals surface area contributed by atoms with Gasteiger partial charge in [0.1, 0.15) is 6.61 Å². The summed E-state index contributed by atoms with van der Waals surface area (Å²) in [4.78, 5) is 26.8. The molecule has 0 bridgehead atoms. The zero-order valence-electron chi connectivity index (χ0n) is 9.93. The predicted octanol–water partition coefficient (Wildman–Crippen LogP) is 1.01. The second kappa shape index (κ2) is 5.21. The van der Waals surface area contributed by atoms with Crippen LogP contribution in [0.3, 0.4) is 0 Å². The first-order valence-electron chi connectivity index (χ1n) is 6.04. The average Bonchev–Trinajstić information content (AvgIpc) is 2.93. The highest BCUT2D eigenvalue weighted by atomic mass is 16.6. The van der Waals surface area contributed by atoms with Crippen molar-refractivity contribution >= 4 is 12.0 Å². The van der Waals surface area contributed by atoms with Gasteiger partial charge in [-0.25, -0.2) is 4.79 Å². The lowest BCUT2D eigenvalue weighted by atomic mass is 10.2. The molecule has 0 spiro atoms. The fraction of sp³-hybridized carbons (Fsp3) is 0.667. The molecule has 5 nitrogen and oxygen atoms in total. The molecule has 0 aromatic carbocycles. The summed E-state index contributed by atoms with van der Waals surface area (Å²) in [6, 6.07) is 0.182. The molecule has 0 saturated carbocycles. The van der Waals surface area contributed by atoms with Crippen LogP contribution >= 0.6 is 0 Å². The molecule has 0 radical (unpaired) electrons.